The average Bonchev–Trinajstić information content (AvgIpc) is 3.66. The fraction of sp³-hybridized carbons (Fsp3) is 0.407. The Bertz CT molecular complexity index is 1140. The Hall–Kier alpha value is -2.94. The molecule has 0 amide bonds. The Labute approximate surface area is 211 Å². The molecule has 3 atom stereocenters. The molecule has 0 saturated carbocycles. The Morgan fingerprint density at radius 3 is 2.54 bits per heavy atom. The zero-order valence-corrected chi connectivity index (χ0v) is 20.6. The number of pyridine rings is 1. The van der Waals surface area contributed by atoms with Gasteiger partial charge >= 0.3 is 0 Å². The lowest BCUT2D eigenvalue weighted by Crippen LogP contribution is -2.36. The summed E-state index contributed by atoms with van der Waals surface area (Å²) in [5.41, 5.74) is 4.49. The second-order valence-electron chi connectivity index (χ2n) is 9.33. The van der Waals surface area contributed by atoms with Crippen molar-refractivity contribution in [2.24, 2.45) is 0 Å². The SMILES string of the molecule is S=C1N[C@H](c2ccccn2)[C@H](c2cccn2C[C@H]2CCCO2)N1c1ccc(N2CCOCC2)cc1. The molecule has 1 aromatic carbocycles. The van der Waals surface area contributed by atoms with Gasteiger partial charge in [0, 0.05) is 55.7 Å². The van der Waals surface area contributed by atoms with Gasteiger partial charge in [0.25, 0.3) is 0 Å². The zero-order valence-electron chi connectivity index (χ0n) is 19.8. The minimum absolute atomic E-state index is 0.0250. The third-order valence-electron chi connectivity index (χ3n) is 7.19. The molecule has 0 spiro atoms. The highest BCUT2D eigenvalue weighted by Crippen LogP contribution is 2.42. The summed E-state index contributed by atoms with van der Waals surface area (Å²) in [6, 6.07) is 19.1. The van der Waals surface area contributed by atoms with Crippen LogP contribution in [-0.4, -0.2) is 53.7 Å². The molecule has 182 valence electrons. The number of benzene rings is 1. The number of thiocarbonyl (C=S) groups is 1. The van der Waals surface area contributed by atoms with Crippen LogP contribution in [0.2, 0.25) is 0 Å². The highest BCUT2D eigenvalue weighted by Gasteiger charge is 2.42. The van der Waals surface area contributed by atoms with Gasteiger partial charge in [0.15, 0.2) is 5.11 Å². The molecule has 3 aromatic rings. The first-order valence-corrected chi connectivity index (χ1v) is 12.9. The van der Waals surface area contributed by atoms with Crippen LogP contribution in [0.1, 0.15) is 36.3 Å². The van der Waals surface area contributed by atoms with Crippen molar-refractivity contribution in [1.82, 2.24) is 14.9 Å². The van der Waals surface area contributed by atoms with Crippen LogP contribution >= 0.6 is 12.2 Å². The van der Waals surface area contributed by atoms with Crippen LogP contribution in [-0.2, 0) is 16.0 Å². The third kappa shape index (κ3) is 4.53. The van der Waals surface area contributed by atoms with Crippen molar-refractivity contribution in [1.29, 1.82) is 0 Å². The molecule has 5 heterocycles. The van der Waals surface area contributed by atoms with Crippen LogP contribution in [0.5, 0.6) is 0 Å². The highest BCUT2D eigenvalue weighted by atomic mass is 32.1. The van der Waals surface area contributed by atoms with E-state index in [9.17, 15) is 0 Å². The van der Waals surface area contributed by atoms with Crippen LogP contribution in [0, 0.1) is 0 Å². The number of morpholine rings is 1. The second kappa shape index (κ2) is 9.97. The standard InChI is InChI=1S/C27H31N5O2S/c35-27-29-25(23-6-1-2-12-28-23)26(24-7-3-13-31(24)19-22-5-4-16-34-22)32(27)21-10-8-20(9-11-21)30-14-17-33-18-15-30/h1-3,6-13,22,25-26H,4-5,14-19H2,(H,29,35)/t22-,25-,26+/m1/s1. The maximum Gasteiger partial charge on any atom is 0.174 e. The van der Waals surface area contributed by atoms with Crippen LogP contribution in [0.3, 0.4) is 0 Å². The van der Waals surface area contributed by atoms with Crippen molar-refractivity contribution in [3.8, 4) is 0 Å². The Balaban J connectivity index is 1.35. The Morgan fingerprint density at radius 2 is 1.80 bits per heavy atom. The van der Waals surface area contributed by atoms with Gasteiger partial charge in [0.05, 0.1) is 31.1 Å². The van der Waals surface area contributed by atoms with Gasteiger partial charge in [-0.15, -0.1) is 0 Å². The van der Waals surface area contributed by atoms with Gasteiger partial charge in [-0.3, -0.25) is 4.98 Å². The van der Waals surface area contributed by atoms with Crippen molar-refractivity contribution in [3.05, 3.63) is 78.4 Å². The van der Waals surface area contributed by atoms with E-state index in [1.54, 1.807) is 0 Å². The van der Waals surface area contributed by atoms with Crippen molar-refractivity contribution in [2.45, 2.75) is 37.6 Å². The highest BCUT2D eigenvalue weighted by molar-refractivity contribution is 7.80. The van der Waals surface area contributed by atoms with E-state index in [-0.39, 0.29) is 18.2 Å². The minimum Gasteiger partial charge on any atom is -0.378 e. The van der Waals surface area contributed by atoms with Gasteiger partial charge in [0.2, 0.25) is 0 Å². The first-order valence-electron chi connectivity index (χ1n) is 12.5. The molecule has 35 heavy (non-hydrogen) atoms. The molecule has 0 bridgehead atoms. The molecule has 0 aliphatic carbocycles. The fourth-order valence-corrected chi connectivity index (χ4v) is 5.79. The van der Waals surface area contributed by atoms with E-state index in [2.05, 4.69) is 68.3 Å². The van der Waals surface area contributed by atoms with Gasteiger partial charge in [-0.05, 0) is 73.6 Å². The summed E-state index contributed by atoms with van der Waals surface area (Å²) < 4.78 is 13.8. The van der Waals surface area contributed by atoms with Crippen LogP contribution < -0.4 is 15.1 Å². The summed E-state index contributed by atoms with van der Waals surface area (Å²) in [4.78, 5) is 9.31. The number of anilines is 2. The molecule has 0 unspecified atom stereocenters. The topological polar surface area (TPSA) is 54.8 Å². The maximum atomic E-state index is 5.96. The molecule has 2 aromatic heterocycles. The van der Waals surface area contributed by atoms with Gasteiger partial charge in [-0.1, -0.05) is 6.07 Å². The molecule has 3 aliphatic heterocycles. The number of ether oxygens (including phenoxy) is 2. The number of rotatable bonds is 6. The molecule has 7 nitrogen and oxygen atoms in total. The lowest BCUT2D eigenvalue weighted by atomic mass is 10.0. The largest absolute Gasteiger partial charge is 0.378 e. The van der Waals surface area contributed by atoms with Crippen LogP contribution in [0.4, 0.5) is 11.4 Å². The van der Waals surface area contributed by atoms with E-state index in [0.717, 1.165) is 68.8 Å². The normalized spacial score (nSPS) is 24.7. The zero-order chi connectivity index (χ0) is 23.6. The summed E-state index contributed by atoms with van der Waals surface area (Å²) in [5, 5.41) is 4.30. The Morgan fingerprint density at radius 1 is 0.971 bits per heavy atom. The van der Waals surface area contributed by atoms with E-state index in [4.69, 9.17) is 26.7 Å². The van der Waals surface area contributed by atoms with Crippen molar-refractivity contribution < 1.29 is 9.47 Å². The second-order valence-corrected chi connectivity index (χ2v) is 9.72. The van der Waals surface area contributed by atoms with Crippen molar-refractivity contribution in [2.75, 3.05) is 42.7 Å². The van der Waals surface area contributed by atoms with Crippen molar-refractivity contribution >= 4 is 28.7 Å². The molecule has 6 rings (SSSR count). The van der Waals surface area contributed by atoms with E-state index < -0.39 is 0 Å². The average molecular weight is 490 g/mol. The number of hydrogen-bond donors (Lipinski definition) is 1. The quantitative estimate of drug-likeness (QED) is 0.524. The first kappa shape index (κ1) is 22.5. The predicted molar refractivity (Wildman–Crippen MR) is 141 cm³/mol. The van der Waals surface area contributed by atoms with E-state index in [1.165, 1.54) is 11.4 Å². The number of hydrogen-bond acceptors (Lipinski definition) is 5. The molecule has 3 fully saturated rings. The molecule has 1 N–H and O–H groups in total. The molecule has 0 radical (unpaired) electrons. The fourth-order valence-electron chi connectivity index (χ4n) is 5.45. The summed E-state index contributed by atoms with van der Waals surface area (Å²) in [6.45, 7) is 5.10. The molecule has 3 saturated heterocycles. The first-order chi connectivity index (χ1) is 17.3. The van der Waals surface area contributed by atoms with Gasteiger partial charge < -0.3 is 29.2 Å². The lowest BCUT2D eigenvalue weighted by molar-refractivity contribution is 0.0961. The van der Waals surface area contributed by atoms with Gasteiger partial charge in [-0.2, -0.15) is 0 Å². The van der Waals surface area contributed by atoms with Crippen LogP contribution in [0.15, 0.2) is 67.0 Å². The number of nitrogens with one attached hydrogen (secondary N) is 1. The Kier molecular flexibility index (Phi) is 6.41. The monoisotopic (exact) mass is 489 g/mol. The molecule has 8 heteroatoms. The smallest absolute Gasteiger partial charge is 0.174 e. The summed E-state index contributed by atoms with van der Waals surface area (Å²) in [5.74, 6) is 0. The van der Waals surface area contributed by atoms with Crippen molar-refractivity contribution in [3.63, 3.8) is 0 Å². The minimum atomic E-state index is -0.0548. The van der Waals surface area contributed by atoms with Crippen LogP contribution in [0.25, 0.3) is 0 Å². The van der Waals surface area contributed by atoms with E-state index in [1.807, 2.05) is 18.3 Å². The number of aromatic nitrogens is 2. The maximum absolute atomic E-state index is 5.96. The molecule has 3 aliphatic rings. The summed E-state index contributed by atoms with van der Waals surface area (Å²) in [7, 11) is 0. The number of nitrogens with zero attached hydrogens (tertiary/aromatic N) is 4. The predicted octanol–water partition coefficient (Wildman–Crippen LogP) is 4.08. The third-order valence-corrected chi connectivity index (χ3v) is 7.51. The van der Waals surface area contributed by atoms with E-state index in [0.29, 0.717) is 0 Å². The summed E-state index contributed by atoms with van der Waals surface area (Å²) in [6.07, 6.45) is 6.51. The van der Waals surface area contributed by atoms with Gasteiger partial charge in [0.1, 0.15) is 6.04 Å². The molecular weight excluding hydrogens is 458 g/mol. The molecular formula is C27H31N5O2S. The van der Waals surface area contributed by atoms with E-state index >= 15 is 0 Å². The van der Waals surface area contributed by atoms with Gasteiger partial charge in [-0.25, -0.2) is 0 Å². The lowest BCUT2D eigenvalue weighted by Gasteiger charge is -2.31. The summed E-state index contributed by atoms with van der Waals surface area (Å²) >= 11 is 5.92.